The number of phosphoric acid groups is 1. The predicted octanol–water partition coefficient (Wildman–Crippen LogP) is 9.23. The van der Waals surface area contributed by atoms with E-state index < -0.39 is 32.5 Å². The van der Waals surface area contributed by atoms with Gasteiger partial charge in [-0.1, -0.05) is 120 Å². The summed E-state index contributed by atoms with van der Waals surface area (Å²) in [6.45, 7) is 3.48. The Bertz CT molecular complexity index is 843. The summed E-state index contributed by atoms with van der Waals surface area (Å²) in [5.74, 6) is -0.940. The molecule has 0 spiro atoms. The lowest BCUT2D eigenvalue weighted by molar-refractivity contribution is -0.161. The summed E-state index contributed by atoms with van der Waals surface area (Å²) in [6, 6.07) is 0. The van der Waals surface area contributed by atoms with Crippen LogP contribution < -0.4 is 0 Å². The Morgan fingerprint density at radius 3 is 1.67 bits per heavy atom. The van der Waals surface area contributed by atoms with Crippen LogP contribution in [0.3, 0.4) is 0 Å². The number of carbonyl (C=O) groups is 2. The number of esters is 2. The average molecular weight is 627 g/mol. The number of hydrogen-bond donors (Lipinski definition) is 2. The minimum absolute atomic E-state index is 0.159. The minimum Gasteiger partial charge on any atom is -0.462 e. The topological polar surface area (TPSA) is 119 Å². The summed E-state index contributed by atoms with van der Waals surface area (Å²) in [5, 5.41) is 0. The van der Waals surface area contributed by atoms with Crippen molar-refractivity contribution in [1.29, 1.82) is 0 Å². The summed E-state index contributed by atoms with van der Waals surface area (Å²) in [7, 11) is -4.75. The molecule has 0 radical (unpaired) electrons. The first-order chi connectivity index (χ1) is 20.8. The lowest BCUT2D eigenvalue weighted by Gasteiger charge is -2.18. The van der Waals surface area contributed by atoms with E-state index in [1.165, 1.54) is 44.9 Å². The highest BCUT2D eigenvalue weighted by molar-refractivity contribution is 7.46. The van der Waals surface area contributed by atoms with Crippen LogP contribution in [0.1, 0.15) is 136 Å². The summed E-state index contributed by atoms with van der Waals surface area (Å²) in [6.07, 6.45) is 34.1. The molecule has 0 aliphatic heterocycles. The van der Waals surface area contributed by atoms with Crippen LogP contribution in [-0.4, -0.2) is 41.0 Å². The van der Waals surface area contributed by atoms with Crippen LogP contribution >= 0.6 is 7.82 Å². The highest BCUT2D eigenvalue weighted by Gasteiger charge is 2.22. The van der Waals surface area contributed by atoms with Gasteiger partial charge in [0.05, 0.1) is 6.61 Å². The first-order valence-electron chi connectivity index (χ1n) is 16.4. The third-order valence-corrected chi connectivity index (χ3v) is 7.10. The van der Waals surface area contributed by atoms with Crippen molar-refractivity contribution in [3.63, 3.8) is 0 Å². The third kappa shape index (κ3) is 32.8. The van der Waals surface area contributed by atoms with Gasteiger partial charge in [0.25, 0.3) is 0 Å². The SMILES string of the molecule is CC/C=C\C/C=C\C/C=C\C/C=C\CCCCC(=O)OC(COC(=O)CCCCCCCCCCCC)COP(=O)(O)O. The molecule has 2 N–H and O–H groups in total. The molecule has 1 unspecified atom stereocenters. The maximum absolute atomic E-state index is 12.3. The molecular formula is C34H59O8P. The first kappa shape index (κ1) is 41.0. The molecule has 0 aliphatic carbocycles. The van der Waals surface area contributed by atoms with Gasteiger partial charge in [0.15, 0.2) is 6.10 Å². The largest absolute Gasteiger partial charge is 0.469 e. The van der Waals surface area contributed by atoms with Gasteiger partial charge in [0.1, 0.15) is 6.61 Å². The number of rotatable bonds is 29. The molecule has 0 aliphatic rings. The number of allylic oxidation sites excluding steroid dienone is 8. The van der Waals surface area contributed by atoms with Gasteiger partial charge in [-0.25, -0.2) is 4.57 Å². The van der Waals surface area contributed by atoms with Crippen molar-refractivity contribution in [3.05, 3.63) is 48.6 Å². The summed E-state index contributed by atoms with van der Waals surface area (Å²) in [5.41, 5.74) is 0. The molecule has 0 amide bonds. The number of carbonyl (C=O) groups excluding carboxylic acids is 2. The molecule has 0 aromatic carbocycles. The van der Waals surface area contributed by atoms with Gasteiger partial charge in [-0.3, -0.25) is 14.1 Å². The van der Waals surface area contributed by atoms with Crippen molar-refractivity contribution in [2.24, 2.45) is 0 Å². The van der Waals surface area contributed by atoms with Crippen molar-refractivity contribution < 1.29 is 37.9 Å². The zero-order chi connectivity index (χ0) is 31.9. The van der Waals surface area contributed by atoms with Gasteiger partial charge in [0, 0.05) is 12.8 Å². The molecule has 0 heterocycles. The Labute approximate surface area is 261 Å². The molecule has 0 saturated heterocycles. The third-order valence-electron chi connectivity index (χ3n) is 6.61. The molecule has 43 heavy (non-hydrogen) atoms. The Morgan fingerprint density at radius 2 is 1.12 bits per heavy atom. The van der Waals surface area contributed by atoms with Crippen LogP contribution in [0.5, 0.6) is 0 Å². The second-order valence-corrected chi connectivity index (χ2v) is 12.0. The van der Waals surface area contributed by atoms with E-state index in [1.807, 2.05) is 0 Å². The first-order valence-corrected chi connectivity index (χ1v) is 18.0. The average Bonchev–Trinajstić information content (AvgIpc) is 2.97. The number of hydrogen-bond acceptors (Lipinski definition) is 6. The van der Waals surface area contributed by atoms with Crippen LogP contribution in [0.4, 0.5) is 0 Å². The Hall–Kier alpha value is -1.99. The van der Waals surface area contributed by atoms with E-state index in [1.54, 1.807) is 0 Å². The summed E-state index contributed by atoms with van der Waals surface area (Å²) in [4.78, 5) is 42.4. The molecule has 0 bridgehead atoms. The lowest BCUT2D eigenvalue weighted by Crippen LogP contribution is -2.29. The Balaban J connectivity index is 4.13. The van der Waals surface area contributed by atoms with E-state index in [4.69, 9.17) is 19.3 Å². The second-order valence-electron chi connectivity index (χ2n) is 10.8. The zero-order valence-corrected chi connectivity index (χ0v) is 27.7. The smallest absolute Gasteiger partial charge is 0.462 e. The quantitative estimate of drug-likeness (QED) is 0.0365. The van der Waals surface area contributed by atoms with E-state index in [9.17, 15) is 14.2 Å². The van der Waals surface area contributed by atoms with Crippen molar-refractivity contribution in [1.82, 2.24) is 0 Å². The van der Waals surface area contributed by atoms with E-state index in [2.05, 4.69) is 67.0 Å². The number of phosphoric ester groups is 1. The standard InChI is InChI=1S/C34H59O8P/c1-3-5-7-9-11-13-15-16-17-18-19-21-23-25-27-29-34(36)42-32(31-41-43(37,38)39)30-40-33(35)28-26-24-22-20-14-12-10-8-6-4-2/h5,7,11,13,16-17,19,21,32H,3-4,6,8-10,12,14-15,18,20,22-31H2,1-2H3,(H2,37,38,39)/b7-5-,13-11-,17-16-,21-19-. The highest BCUT2D eigenvalue weighted by atomic mass is 31.2. The zero-order valence-electron chi connectivity index (χ0n) is 26.8. The highest BCUT2D eigenvalue weighted by Crippen LogP contribution is 2.35. The fourth-order valence-corrected chi connectivity index (χ4v) is 4.55. The van der Waals surface area contributed by atoms with Crippen LogP contribution in [0.2, 0.25) is 0 Å². The Morgan fingerprint density at radius 1 is 0.628 bits per heavy atom. The van der Waals surface area contributed by atoms with Gasteiger partial charge in [-0.2, -0.15) is 0 Å². The van der Waals surface area contributed by atoms with Crippen LogP contribution in [0, 0.1) is 0 Å². The van der Waals surface area contributed by atoms with Gasteiger partial charge in [-0.15, -0.1) is 0 Å². The van der Waals surface area contributed by atoms with Crippen LogP contribution in [0.15, 0.2) is 48.6 Å². The van der Waals surface area contributed by atoms with Crippen molar-refractivity contribution in [3.8, 4) is 0 Å². The molecule has 0 aromatic heterocycles. The summed E-state index contributed by atoms with van der Waals surface area (Å²) >= 11 is 0. The van der Waals surface area contributed by atoms with Crippen molar-refractivity contribution in [2.75, 3.05) is 13.2 Å². The van der Waals surface area contributed by atoms with Gasteiger partial charge in [-0.05, 0) is 51.4 Å². The maximum Gasteiger partial charge on any atom is 0.469 e. The van der Waals surface area contributed by atoms with Crippen LogP contribution in [0.25, 0.3) is 0 Å². The van der Waals surface area contributed by atoms with E-state index in [-0.39, 0.29) is 19.4 Å². The maximum atomic E-state index is 12.3. The van der Waals surface area contributed by atoms with E-state index in [0.29, 0.717) is 6.42 Å². The molecule has 8 nitrogen and oxygen atoms in total. The molecule has 0 aromatic rings. The minimum atomic E-state index is -4.75. The van der Waals surface area contributed by atoms with E-state index in [0.717, 1.165) is 57.8 Å². The van der Waals surface area contributed by atoms with Gasteiger partial charge < -0.3 is 19.3 Å². The molecule has 248 valence electrons. The lowest BCUT2D eigenvalue weighted by atomic mass is 10.1. The van der Waals surface area contributed by atoms with Gasteiger partial charge >= 0.3 is 19.8 Å². The van der Waals surface area contributed by atoms with Crippen LogP contribution in [-0.2, 0) is 28.2 Å². The second kappa shape index (κ2) is 30.1. The van der Waals surface area contributed by atoms with E-state index >= 15 is 0 Å². The number of unbranched alkanes of at least 4 members (excludes halogenated alkanes) is 11. The Kier molecular flexibility index (Phi) is 28.7. The molecule has 0 saturated carbocycles. The molecular weight excluding hydrogens is 567 g/mol. The predicted molar refractivity (Wildman–Crippen MR) is 174 cm³/mol. The van der Waals surface area contributed by atoms with Crippen molar-refractivity contribution in [2.45, 2.75) is 142 Å². The van der Waals surface area contributed by atoms with Crippen molar-refractivity contribution >= 4 is 19.8 Å². The normalized spacial score (nSPS) is 13.1. The fraction of sp³-hybridized carbons (Fsp3) is 0.706. The molecule has 1 atom stereocenters. The monoisotopic (exact) mass is 626 g/mol. The molecule has 0 rings (SSSR count). The molecule has 9 heteroatoms. The fourth-order valence-electron chi connectivity index (χ4n) is 4.19. The summed E-state index contributed by atoms with van der Waals surface area (Å²) < 4.78 is 26.1. The number of ether oxygens (including phenoxy) is 2. The molecule has 0 fully saturated rings. The van der Waals surface area contributed by atoms with Gasteiger partial charge in [0.2, 0.25) is 0 Å².